The van der Waals surface area contributed by atoms with E-state index in [0.29, 0.717) is 15.8 Å². The molecule has 0 unspecified atom stereocenters. The molecule has 33 heavy (non-hydrogen) atoms. The van der Waals surface area contributed by atoms with Crippen molar-refractivity contribution < 1.29 is 14.3 Å². The number of anilines is 1. The molecule has 0 atom stereocenters. The number of carbonyl (C=O) groups is 2. The minimum atomic E-state index is -0.753. The summed E-state index contributed by atoms with van der Waals surface area (Å²) in [5.41, 5.74) is 0.452. The number of halogens is 1. The molecule has 0 aliphatic carbocycles. The molecule has 1 aromatic carbocycles. The molecular formula is C20H17ClN6O5S. The van der Waals surface area contributed by atoms with Gasteiger partial charge in [0.1, 0.15) is 6.54 Å². The summed E-state index contributed by atoms with van der Waals surface area (Å²) in [7, 11) is 2.81. The van der Waals surface area contributed by atoms with E-state index in [1.165, 1.54) is 40.9 Å². The number of thiazole rings is 1. The first kappa shape index (κ1) is 22.4. The summed E-state index contributed by atoms with van der Waals surface area (Å²) in [5.74, 6) is -1.33. The molecular weight excluding hydrogens is 472 g/mol. The third-order valence-electron chi connectivity index (χ3n) is 4.78. The number of amides is 1. The summed E-state index contributed by atoms with van der Waals surface area (Å²) >= 11 is 7.37. The molecule has 1 amide bonds. The van der Waals surface area contributed by atoms with E-state index < -0.39 is 29.7 Å². The predicted octanol–water partition coefficient (Wildman–Crippen LogP) is 1.39. The highest BCUT2D eigenvalue weighted by Crippen LogP contribution is 2.30. The molecule has 0 fully saturated rings. The zero-order valence-corrected chi connectivity index (χ0v) is 19.0. The molecule has 4 rings (SSSR count). The Morgan fingerprint density at radius 3 is 2.70 bits per heavy atom. The number of fused-ring (bicyclic) bond motifs is 1. The number of carbonyl (C=O) groups excluding carboxylic acids is 2. The van der Waals surface area contributed by atoms with Crippen LogP contribution in [0.2, 0.25) is 5.02 Å². The maximum absolute atomic E-state index is 12.4. The maximum Gasteiger partial charge on any atom is 0.332 e. The molecule has 0 saturated heterocycles. The van der Waals surface area contributed by atoms with Crippen LogP contribution in [0, 0.1) is 0 Å². The van der Waals surface area contributed by atoms with Crippen LogP contribution in [0.15, 0.2) is 45.6 Å². The lowest BCUT2D eigenvalue weighted by Gasteiger charge is -2.07. The van der Waals surface area contributed by atoms with E-state index in [2.05, 4.69) is 15.3 Å². The second-order valence-electron chi connectivity index (χ2n) is 6.98. The van der Waals surface area contributed by atoms with Gasteiger partial charge in [-0.05, 0) is 6.07 Å². The SMILES string of the molecule is Cn1c(=O)c2c(ncn2CC(=O)OCC(=O)Nc2nc(-c3ccccc3Cl)cs2)n(C)c1=O. The van der Waals surface area contributed by atoms with E-state index in [1.807, 2.05) is 12.1 Å². The van der Waals surface area contributed by atoms with Crippen molar-refractivity contribution in [3.8, 4) is 11.3 Å². The van der Waals surface area contributed by atoms with Crippen molar-refractivity contribution in [3.63, 3.8) is 0 Å². The van der Waals surface area contributed by atoms with Crippen LogP contribution in [0.1, 0.15) is 0 Å². The van der Waals surface area contributed by atoms with Crippen molar-refractivity contribution in [3.05, 3.63) is 61.8 Å². The summed E-state index contributed by atoms with van der Waals surface area (Å²) in [6.07, 6.45) is 1.26. The Balaban J connectivity index is 1.38. The lowest BCUT2D eigenvalue weighted by atomic mass is 10.2. The van der Waals surface area contributed by atoms with Crippen LogP contribution >= 0.6 is 22.9 Å². The van der Waals surface area contributed by atoms with Crippen LogP contribution in [-0.4, -0.2) is 42.2 Å². The van der Waals surface area contributed by atoms with E-state index in [-0.39, 0.29) is 17.7 Å². The first-order chi connectivity index (χ1) is 15.8. The zero-order valence-electron chi connectivity index (χ0n) is 17.4. The van der Waals surface area contributed by atoms with Crippen LogP contribution < -0.4 is 16.6 Å². The number of ether oxygens (including phenoxy) is 1. The van der Waals surface area contributed by atoms with E-state index in [0.717, 1.165) is 10.1 Å². The topological polar surface area (TPSA) is 130 Å². The average Bonchev–Trinajstić information content (AvgIpc) is 3.42. The summed E-state index contributed by atoms with van der Waals surface area (Å²) in [6.45, 7) is -0.895. The Labute approximate surface area is 194 Å². The largest absolute Gasteiger partial charge is 0.454 e. The Morgan fingerprint density at radius 1 is 1.18 bits per heavy atom. The molecule has 13 heteroatoms. The van der Waals surface area contributed by atoms with Crippen molar-refractivity contribution >= 4 is 51.1 Å². The van der Waals surface area contributed by atoms with Gasteiger partial charge in [-0.25, -0.2) is 14.8 Å². The van der Waals surface area contributed by atoms with Gasteiger partial charge in [-0.2, -0.15) is 0 Å². The number of nitrogens with one attached hydrogen (secondary N) is 1. The van der Waals surface area contributed by atoms with Crippen molar-refractivity contribution in [2.24, 2.45) is 14.1 Å². The predicted molar refractivity (Wildman–Crippen MR) is 122 cm³/mol. The van der Waals surface area contributed by atoms with Crippen LogP contribution in [-0.2, 0) is 35.0 Å². The highest BCUT2D eigenvalue weighted by Gasteiger charge is 2.17. The molecule has 11 nitrogen and oxygen atoms in total. The summed E-state index contributed by atoms with van der Waals surface area (Å²) < 4.78 is 8.41. The number of aromatic nitrogens is 5. The normalized spacial score (nSPS) is 11.0. The fourth-order valence-electron chi connectivity index (χ4n) is 3.13. The summed E-state index contributed by atoms with van der Waals surface area (Å²) in [5, 5.41) is 5.18. The van der Waals surface area contributed by atoms with E-state index in [1.54, 1.807) is 17.5 Å². The quantitative estimate of drug-likeness (QED) is 0.406. The van der Waals surface area contributed by atoms with Crippen molar-refractivity contribution in [2.75, 3.05) is 11.9 Å². The van der Waals surface area contributed by atoms with Gasteiger partial charge in [-0.3, -0.25) is 28.8 Å². The summed E-state index contributed by atoms with van der Waals surface area (Å²) in [6, 6.07) is 7.19. The number of rotatable bonds is 6. The van der Waals surface area contributed by atoms with Gasteiger partial charge in [-0.15, -0.1) is 11.3 Å². The number of nitrogens with zero attached hydrogens (tertiary/aromatic N) is 5. The highest BCUT2D eigenvalue weighted by molar-refractivity contribution is 7.14. The van der Waals surface area contributed by atoms with Crippen LogP contribution in [0.5, 0.6) is 0 Å². The molecule has 0 saturated carbocycles. The van der Waals surface area contributed by atoms with E-state index in [4.69, 9.17) is 16.3 Å². The Bertz CT molecular complexity index is 1500. The van der Waals surface area contributed by atoms with E-state index >= 15 is 0 Å². The number of imidazole rings is 1. The molecule has 4 aromatic rings. The minimum Gasteiger partial charge on any atom is -0.454 e. The smallest absolute Gasteiger partial charge is 0.332 e. The van der Waals surface area contributed by atoms with E-state index in [9.17, 15) is 19.2 Å². The van der Waals surface area contributed by atoms with Gasteiger partial charge in [0.15, 0.2) is 22.9 Å². The van der Waals surface area contributed by atoms with Gasteiger partial charge in [0, 0.05) is 30.1 Å². The molecule has 0 radical (unpaired) electrons. The molecule has 3 heterocycles. The lowest BCUT2D eigenvalue weighted by Crippen LogP contribution is -2.37. The van der Waals surface area contributed by atoms with Gasteiger partial charge < -0.3 is 9.30 Å². The lowest BCUT2D eigenvalue weighted by molar-refractivity contribution is -0.147. The minimum absolute atomic E-state index is 0.0795. The summed E-state index contributed by atoms with van der Waals surface area (Å²) in [4.78, 5) is 57.2. The van der Waals surface area contributed by atoms with Crippen molar-refractivity contribution in [1.82, 2.24) is 23.7 Å². The van der Waals surface area contributed by atoms with Gasteiger partial charge in [0.2, 0.25) is 0 Å². The molecule has 0 bridgehead atoms. The first-order valence-electron chi connectivity index (χ1n) is 9.53. The molecule has 0 spiro atoms. The Kier molecular flexibility index (Phi) is 6.11. The third-order valence-corrected chi connectivity index (χ3v) is 5.87. The zero-order chi connectivity index (χ0) is 23.7. The van der Waals surface area contributed by atoms with Gasteiger partial charge >= 0.3 is 11.7 Å². The van der Waals surface area contributed by atoms with Gasteiger partial charge in [-0.1, -0.05) is 29.8 Å². The number of benzene rings is 1. The second kappa shape index (κ2) is 9.00. The second-order valence-corrected chi connectivity index (χ2v) is 8.24. The fourth-order valence-corrected chi connectivity index (χ4v) is 4.09. The standard InChI is InChI=1S/C20H17ClN6O5S/c1-25-17-16(18(30)26(2)20(25)31)27(10-22-17)7-15(29)32-8-14(28)24-19-23-13(9-33-19)11-5-3-4-6-12(11)21/h3-6,9-10H,7-8H2,1-2H3,(H,23,24,28). The number of aryl methyl sites for hydroxylation is 1. The number of hydrogen-bond acceptors (Lipinski definition) is 8. The molecule has 1 N–H and O–H groups in total. The molecule has 0 aliphatic heterocycles. The van der Waals surface area contributed by atoms with Gasteiger partial charge in [0.25, 0.3) is 11.5 Å². The Morgan fingerprint density at radius 2 is 1.94 bits per heavy atom. The van der Waals surface area contributed by atoms with Crippen molar-refractivity contribution in [1.29, 1.82) is 0 Å². The van der Waals surface area contributed by atoms with Gasteiger partial charge in [0.05, 0.1) is 12.0 Å². The van der Waals surface area contributed by atoms with Crippen LogP contribution in [0.4, 0.5) is 5.13 Å². The van der Waals surface area contributed by atoms with Crippen molar-refractivity contribution in [2.45, 2.75) is 6.54 Å². The fraction of sp³-hybridized carbons (Fsp3) is 0.200. The van der Waals surface area contributed by atoms with Crippen LogP contribution in [0.3, 0.4) is 0 Å². The molecule has 0 aliphatic rings. The molecule has 170 valence electrons. The van der Waals surface area contributed by atoms with Crippen LogP contribution in [0.25, 0.3) is 22.4 Å². The number of hydrogen-bond donors (Lipinski definition) is 1. The average molecular weight is 489 g/mol. The highest BCUT2D eigenvalue weighted by atomic mass is 35.5. The Hall–Kier alpha value is -3.77. The molecule has 3 aromatic heterocycles. The first-order valence-corrected chi connectivity index (χ1v) is 10.8. The monoisotopic (exact) mass is 488 g/mol. The maximum atomic E-state index is 12.4. The number of esters is 1. The third kappa shape index (κ3) is 4.43.